The number of aliphatic imine (C=N–C) groups is 1. The Morgan fingerprint density at radius 2 is 2.12 bits per heavy atom. The van der Waals surface area contributed by atoms with Crippen molar-refractivity contribution >= 4 is 17.4 Å². The zero-order valence-corrected chi connectivity index (χ0v) is 13.8. The van der Waals surface area contributed by atoms with Crippen LogP contribution in [0.2, 0.25) is 0 Å². The van der Waals surface area contributed by atoms with Crippen molar-refractivity contribution in [2.24, 2.45) is 16.5 Å². The number of halogens is 3. The molecule has 0 aliphatic carbocycles. The zero-order chi connectivity index (χ0) is 18.6. The number of carbonyl (C=O) groups excluding carboxylic acids is 1. The molecular weight excluding hydrogens is 337 g/mol. The summed E-state index contributed by atoms with van der Waals surface area (Å²) in [5, 5.41) is 1.83. The van der Waals surface area contributed by atoms with Gasteiger partial charge in [0.15, 0.2) is 6.10 Å². The van der Waals surface area contributed by atoms with E-state index in [9.17, 15) is 18.0 Å². The van der Waals surface area contributed by atoms with E-state index in [1.54, 1.807) is 19.1 Å². The minimum atomic E-state index is -4.85. The Bertz CT molecular complexity index is 661. The van der Waals surface area contributed by atoms with E-state index in [0.29, 0.717) is 36.5 Å². The summed E-state index contributed by atoms with van der Waals surface area (Å²) in [6, 6.07) is 5.11. The lowest BCUT2D eigenvalue weighted by molar-refractivity contribution is -0.173. The standard InChI is InChI=1S/C16H21F3N4O2/c1-9-14(21)23-12-8-10(5-6-13(12)25-9)11(20)4-2-3-7-22-15(24)16(17,18)19/h5-6,8-9,11H,2-4,7,20H2,1H3,(H2,21,23)(H,22,24). The largest absolute Gasteiger partial charge is 0.481 e. The first-order chi connectivity index (χ1) is 11.7. The van der Waals surface area contributed by atoms with Gasteiger partial charge in [0.25, 0.3) is 0 Å². The van der Waals surface area contributed by atoms with Crippen LogP contribution in [0, 0.1) is 0 Å². The van der Waals surface area contributed by atoms with Crippen molar-refractivity contribution in [3.05, 3.63) is 23.8 Å². The fraction of sp³-hybridized carbons (Fsp3) is 0.500. The molecule has 6 nitrogen and oxygen atoms in total. The molecule has 0 aromatic heterocycles. The maximum atomic E-state index is 12.0. The quantitative estimate of drug-likeness (QED) is 0.679. The maximum Gasteiger partial charge on any atom is 0.471 e. The summed E-state index contributed by atoms with van der Waals surface area (Å²) in [7, 11) is 0. The van der Waals surface area contributed by atoms with E-state index in [1.165, 1.54) is 0 Å². The number of hydrogen-bond acceptors (Lipinski definition) is 5. The second-order valence-electron chi connectivity index (χ2n) is 5.88. The maximum absolute atomic E-state index is 12.0. The third-order valence-corrected chi connectivity index (χ3v) is 3.87. The van der Waals surface area contributed by atoms with Gasteiger partial charge < -0.3 is 21.5 Å². The first kappa shape index (κ1) is 19.0. The van der Waals surface area contributed by atoms with Crippen molar-refractivity contribution < 1.29 is 22.7 Å². The van der Waals surface area contributed by atoms with Crippen LogP contribution in [0.3, 0.4) is 0 Å². The summed E-state index contributed by atoms with van der Waals surface area (Å²) in [6.07, 6.45) is -3.57. The van der Waals surface area contributed by atoms with E-state index in [2.05, 4.69) is 4.99 Å². The number of ether oxygens (including phenoxy) is 1. The molecule has 0 radical (unpaired) electrons. The number of unbranched alkanes of at least 4 members (excludes halogenated alkanes) is 1. The summed E-state index contributed by atoms with van der Waals surface area (Å²) in [5.74, 6) is -0.901. The molecule has 5 N–H and O–H groups in total. The lowest BCUT2D eigenvalue weighted by atomic mass is 10.0. The number of nitrogens with one attached hydrogen (secondary N) is 1. The Kier molecular flexibility index (Phi) is 5.89. The Hall–Kier alpha value is -2.29. The molecule has 2 unspecified atom stereocenters. The summed E-state index contributed by atoms with van der Waals surface area (Å²) < 4.78 is 41.7. The first-order valence-electron chi connectivity index (χ1n) is 7.93. The van der Waals surface area contributed by atoms with Gasteiger partial charge in [-0.15, -0.1) is 0 Å². The summed E-state index contributed by atoms with van der Waals surface area (Å²) in [5.41, 5.74) is 13.3. The van der Waals surface area contributed by atoms with Crippen LogP contribution in [0.4, 0.5) is 18.9 Å². The molecule has 1 aliphatic rings. The molecule has 9 heteroatoms. The van der Waals surface area contributed by atoms with Gasteiger partial charge in [0, 0.05) is 12.6 Å². The number of fused-ring (bicyclic) bond motifs is 1. The van der Waals surface area contributed by atoms with E-state index in [1.807, 2.05) is 11.4 Å². The molecule has 2 atom stereocenters. The van der Waals surface area contributed by atoms with Crippen molar-refractivity contribution in [2.45, 2.75) is 44.5 Å². The van der Waals surface area contributed by atoms with E-state index < -0.39 is 12.1 Å². The fourth-order valence-corrected chi connectivity index (χ4v) is 2.39. The summed E-state index contributed by atoms with van der Waals surface area (Å²) in [4.78, 5) is 15.0. The Morgan fingerprint density at radius 3 is 2.80 bits per heavy atom. The average molecular weight is 358 g/mol. The molecule has 0 bridgehead atoms. The van der Waals surface area contributed by atoms with Crippen LogP contribution in [-0.2, 0) is 4.79 Å². The SMILES string of the molecule is CC1Oc2ccc(C(N)CCCCNC(=O)C(F)(F)F)cc2N=C1N. The number of nitrogens with two attached hydrogens (primary N) is 2. The van der Waals surface area contributed by atoms with Crippen LogP contribution in [0.5, 0.6) is 5.75 Å². The van der Waals surface area contributed by atoms with Crippen LogP contribution < -0.4 is 21.5 Å². The van der Waals surface area contributed by atoms with Crippen molar-refractivity contribution in [1.29, 1.82) is 0 Å². The molecule has 1 aliphatic heterocycles. The minimum Gasteiger partial charge on any atom is -0.481 e. The van der Waals surface area contributed by atoms with E-state index >= 15 is 0 Å². The van der Waals surface area contributed by atoms with Gasteiger partial charge in [-0.1, -0.05) is 6.07 Å². The van der Waals surface area contributed by atoms with Gasteiger partial charge in [-0.25, -0.2) is 4.99 Å². The summed E-state index contributed by atoms with van der Waals surface area (Å²) >= 11 is 0. The third kappa shape index (κ3) is 5.09. The number of alkyl halides is 3. The molecule has 1 aromatic carbocycles. The van der Waals surface area contributed by atoms with Crippen LogP contribution in [0.1, 0.15) is 37.8 Å². The predicted molar refractivity (Wildman–Crippen MR) is 87.7 cm³/mol. The minimum absolute atomic E-state index is 0.0399. The average Bonchev–Trinajstić information content (AvgIpc) is 2.54. The number of rotatable bonds is 6. The van der Waals surface area contributed by atoms with Gasteiger partial charge in [0.1, 0.15) is 17.3 Å². The van der Waals surface area contributed by atoms with Gasteiger partial charge in [-0.3, -0.25) is 4.79 Å². The Labute approximate surface area is 143 Å². The van der Waals surface area contributed by atoms with Crippen molar-refractivity contribution in [3.8, 4) is 5.75 Å². The molecule has 25 heavy (non-hydrogen) atoms. The molecule has 1 heterocycles. The first-order valence-corrected chi connectivity index (χ1v) is 7.93. The Balaban J connectivity index is 1.82. The third-order valence-electron chi connectivity index (χ3n) is 3.87. The van der Waals surface area contributed by atoms with Gasteiger partial charge in [-0.2, -0.15) is 13.2 Å². The molecule has 0 saturated carbocycles. The van der Waals surface area contributed by atoms with Crippen LogP contribution in [0.15, 0.2) is 23.2 Å². The number of amides is 1. The van der Waals surface area contributed by atoms with Gasteiger partial charge in [0.05, 0.1) is 0 Å². The normalized spacial score (nSPS) is 18.0. The number of nitrogens with zero attached hydrogens (tertiary/aromatic N) is 1. The highest BCUT2D eigenvalue weighted by molar-refractivity contribution is 5.89. The summed E-state index contributed by atoms with van der Waals surface area (Å²) in [6.45, 7) is 1.76. The number of amidine groups is 1. The second-order valence-corrected chi connectivity index (χ2v) is 5.88. The van der Waals surface area contributed by atoms with Crippen LogP contribution in [0.25, 0.3) is 0 Å². The molecule has 1 aromatic rings. The topological polar surface area (TPSA) is 103 Å². The monoisotopic (exact) mass is 358 g/mol. The highest BCUT2D eigenvalue weighted by Gasteiger charge is 2.38. The highest BCUT2D eigenvalue weighted by Crippen LogP contribution is 2.34. The van der Waals surface area contributed by atoms with Gasteiger partial charge in [0.2, 0.25) is 0 Å². The second kappa shape index (κ2) is 7.73. The van der Waals surface area contributed by atoms with Crippen molar-refractivity contribution in [2.75, 3.05) is 6.54 Å². The molecule has 0 saturated heterocycles. The molecule has 1 amide bonds. The van der Waals surface area contributed by atoms with E-state index in [4.69, 9.17) is 16.2 Å². The number of benzene rings is 1. The predicted octanol–water partition coefficient (Wildman–Crippen LogP) is 2.30. The molecule has 2 rings (SSSR count). The zero-order valence-electron chi connectivity index (χ0n) is 13.8. The fourth-order valence-electron chi connectivity index (χ4n) is 2.39. The van der Waals surface area contributed by atoms with Crippen LogP contribution in [-0.4, -0.2) is 30.6 Å². The number of hydrogen-bond donors (Lipinski definition) is 3. The number of carbonyl (C=O) groups is 1. The smallest absolute Gasteiger partial charge is 0.471 e. The van der Waals surface area contributed by atoms with E-state index in [-0.39, 0.29) is 18.7 Å². The molecule has 138 valence electrons. The van der Waals surface area contributed by atoms with Gasteiger partial charge >= 0.3 is 12.1 Å². The highest BCUT2D eigenvalue weighted by atomic mass is 19.4. The molecule has 0 spiro atoms. The Morgan fingerprint density at radius 1 is 1.40 bits per heavy atom. The van der Waals surface area contributed by atoms with Crippen LogP contribution >= 0.6 is 0 Å². The van der Waals surface area contributed by atoms with E-state index in [0.717, 1.165) is 5.56 Å². The molecular formula is C16H21F3N4O2. The van der Waals surface area contributed by atoms with Gasteiger partial charge in [-0.05, 0) is 43.9 Å². The van der Waals surface area contributed by atoms with Crippen molar-refractivity contribution in [1.82, 2.24) is 5.32 Å². The molecule has 0 fully saturated rings. The lowest BCUT2D eigenvalue weighted by Gasteiger charge is -2.22. The van der Waals surface area contributed by atoms with Crippen molar-refractivity contribution in [3.63, 3.8) is 0 Å². The lowest BCUT2D eigenvalue weighted by Crippen LogP contribution is -2.37.